The summed E-state index contributed by atoms with van der Waals surface area (Å²) < 4.78 is 0. The van der Waals surface area contributed by atoms with Crippen molar-refractivity contribution in [2.24, 2.45) is 11.8 Å². The summed E-state index contributed by atoms with van der Waals surface area (Å²) in [6, 6.07) is 1.86. The Labute approximate surface area is 188 Å². The summed E-state index contributed by atoms with van der Waals surface area (Å²) in [5.74, 6) is -0.0645. The highest BCUT2D eigenvalue weighted by atomic mass is 32.1. The van der Waals surface area contributed by atoms with Gasteiger partial charge in [0.1, 0.15) is 10.7 Å². The van der Waals surface area contributed by atoms with E-state index in [-0.39, 0.29) is 28.5 Å². The highest BCUT2D eigenvalue weighted by molar-refractivity contribution is 7.15. The fourth-order valence-electron chi connectivity index (χ4n) is 5.32. The Balaban J connectivity index is 1.71. The van der Waals surface area contributed by atoms with Gasteiger partial charge in [0.05, 0.1) is 5.69 Å². The molecule has 3 aliphatic carbocycles. The van der Waals surface area contributed by atoms with Crippen molar-refractivity contribution >= 4 is 40.3 Å². The topological polar surface area (TPSA) is 74.7 Å². The van der Waals surface area contributed by atoms with Crippen LogP contribution in [0.15, 0.2) is 12.1 Å². The summed E-state index contributed by atoms with van der Waals surface area (Å²) in [4.78, 5) is 40.9. The fraction of sp³-hybridized carbons (Fsp3) is 0.640. The molecule has 2 saturated carbocycles. The quantitative estimate of drug-likeness (QED) is 0.599. The number of carboxylic acid groups (broad SMARTS) is 1. The van der Waals surface area contributed by atoms with Crippen molar-refractivity contribution in [3.8, 4) is 0 Å². The van der Waals surface area contributed by atoms with E-state index in [0.29, 0.717) is 37.3 Å². The van der Waals surface area contributed by atoms with E-state index in [9.17, 15) is 19.5 Å². The number of hydrogen-bond acceptors (Lipinski definition) is 4. The third-order valence-electron chi connectivity index (χ3n) is 7.25. The van der Waals surface area contributed by atoms with Crippen LogP contribution in [0, 0.1) is 11.8 Å². The van der Waals surface area contributed by atoms with Crippen molar-refractivity contribution < 1.29 is 19.5 Å². The Morgan fingerprint density at radius 2 is 1.74 bits per heavy atom. The van der Waals surface area contributed by atoms with Crippen LogP contribution in [0.2, 0.25) is 0 Å². The molecule has 3 aliphatic rings. The van der Waals surface area contributed by atoms with E-state index in [2.05, 4.69) is 13.0 Å². The maximum absolute atomic E-state index is 13.8. The molecule has 0 aromatic carbocycles. The molecule has 0 unspecified atom stereocenters. The molecule has 1 amide bonds. The van der Waals surface area contributed by atoms with Crippen LogP contribution in [-0.4, -0.2) is 28.8 Å². The number of amides is 1. The van der Waals surface area contributed by atoms with Gasteiger partial charge >= 0.3 is 5.97 Å². The molecule has 0 bridgehead atoms. The van der Waals surface area contributed by atoms with Gasteiger partial charge in [-0.3, -0.25) is 9.59 Å². The Bertz CT molecular complexity index is 868. The molecule has 1 aromatic rings. The number of carbonyl (C=O) groups is 3. The van der Waals surface area contributed by atoms with Crippen molar-refractivity contribution in [3.05, 3.63) is 21.9 Å². The number of thiophene rings is 1. The van der Waals surface area contributed by atoms with Crippen LogP contribution in [0.3, 0.4) is 0 Å². The number of carboxylic acids is 1. The predicted molar refractivity (Wildman–Crippen MR) is 124 cm³/mol. The van der Waals surface area contributed by atoms with Crippen LogP contribution in [-0.2, 0) is 9.59 Å². The SMILES string of the molecule is CC1CCC(C(=O)N(c2cc(C3=CCCCC3)sc2C(=O)O)C2CCC(=O)CC2)CC1. The van der Waals surface area contributed by atoms with Crippen molar-refractivity contribution in [2.75, 3.05) is 4.90 Å². The van der Waals surface area contributed by atoms with Crippen LogP contribution < -0.4 is 4.90 Å². The lowest BCUT2D eigenvalue weighted by molar-refractivity contribution is -0.125. The monoisotopic (exact) mass is 443 g/mol. The number of hydrogen-bond donors (Lipinski definition) is 1. The number of anilines is 1. The first-order valence-electron chi connectivity index (χ1n) is 11.9. The lowest BCUT2D eigenvalue weighted by Crippen LogP contribution is -2.46. The number of Topliss-reactive ketones (excluding diaryl/α,β-unsaturated/α-hetero) is 1. The smallest absolute Gasteiger partial charge is 0.348 e. The normalized spacial score (nSPS) is 25.2. The van der Waals surface area contributed by atoms with Crippen LogP contribution in [0.4, 0.5) is 5.69 Å². The number of carbonyl (C=O) groups excluding carboxylic acids is 2. The van der Waals surface area contributed by atoms with Gasteiger partial charge in [0.15, 0.2) is 0 Å². The minimum atomic E-state index is -0.968. The minimum Gasteiger partial charge on any atom is -0.477 e. The molecule has 0 saturated heterocycles. The third kappa shape index (κ3) is 4.94. The van der Waals surface area contributed by atoms with Crippen molar-refractivity contribution in [3.63, 3.8) is 0 Å². The van der Waals surface area contributed by atoms with Gasteiger partial charge < -0.3 is 10.0 Å². The first-order valence-corrected chi connectivity index (χ1v) is 12.7. The summed E-state index contributed by atoms with van der Waals surface area (Å²) in [6.45, 7) is 2.23. The van der Waals surface area contributed by atoms with Crippen LogP contribution in [0.1, 0.15) is 98.5 Å². The molecule has 0 aliphatic heterocycles. The van der Waals surface area contributed by atoms with Crippen molar-refractivity contribution in [1.29, 1.82) is 0 Å². The summed E-state index contributed by atoms with van der Waals surface area (Å²) in [5, 5.41) is 9.99. The molecule has 0 spiro atoms. The van der Waals surface area contributed by atoms with Gasteiger partial charge in [-0.2, -0.15) is 0 Å². The highest BCUT2D eigenvalue weighted by Gasteiger charge is 2.37. The third-order valence-corrected chi connectivity index (χ3v) is 8.44. The Morgan fingerprint density at radius 1 is 1.03 bits per heavy atom. The van der Waals surface area contributed by atoms with Gasteiger partial charge in [-0.15, -0.1) is 11.3 Å². The van der Waals surface area contributed by atoms with E-state index in [0.717, 1.165) is 49.8 Å². The molecule has 31 heavy (non-hydrogen) atoms. The fourth-order valence-corrected chi connectivity index (χ4v) is 6.37. The summed E-state index contributed by atoms with van der Waals surface area (Å²) in [6.07, 6.45) is 12.5. The van der Waals surface area contributed by atoms with Crippen LogP contribution in [0.25, 0.3) is 5.57 Å². The lowest BCUT2D eigenvalue weighted by atomic mass is 9.81. The summed E-state index contributed by atoms with van der Waals surface area (Å²) >= 11 is 1.30. The average molecular weight is 444 g/mol. The molecule has 168 valence electrons. The Kier molecular flexibility index (Phi) is 6.95. The summed E-state index contributed by atoms with van der Waals surface area (Å²) in [5.41, 5.74) is 1.77. The molecule has 0 radical (unpaired) electrons. The van der Waals surface area contributed by atoms with Gasteiger partial charge in [-0.25, -0.2) is 4.79 Å². The van der Waals surface area contributed by atoms with Gasteiger partial charge in [0.25, 0.3) is 0 Å². The van der Waals surface area contributed by atoms with Gasteiger partial charge in [0, 0.05) is 29.7 Å². The van der Waals surface area contributed by atoms with Crippen LogP contribution in [0.5, 0.6) is 0 Å². The number of ketones is 1. The predicted octanol–water partition coefficient (Wildman–Crippen LogP) is 6.07. The van der Waals surface area contributed by atoms with Gasteiger partial charge in [0.2, 0.25) is 5.91 Å². The highest BCUT2D eigenvalue weighted by Crippen LogP contribution is 2.41. The average Bonchev–Trinajstić information content (AvgIpc) is 3.22. The molecule has 1 heterocycles. The van der Waals surface area contributed by atoms with E-state index in [1.54, 1.807) is 4.90 Å². The molecular formula is C25H33NO4S. The van der Waals surface area contributed by atoms with Crippen molar-refractivity contribution in [2.45, 2.75) is 90.0 Å². The zero-order valence-electron chi connectivity index (χ0n) is 18.4. The molecule has 2 fully saturated rings. The zero-order valence-corrected chi connectivity index (χ0v) is 19.2. The standard InChI is InChI=1S/C25H33NO4S/c1-16-7-9-18(10-8-16)24(28)26(19-11-13-20(27)14-12-19)21-15-22(31-23(21)25(29)30)17-5-3-2-4-6-17/h5,15-16,18-19H,2-4,6-14H2,1H3,(H,29,30). The molecule has 5 nitrogen and oxygen atoms in total. The van der Waals surface area contributed by atoms with Crippen LogP contribution >= 0.6 is 11.3 Å². The molecule has 6 heteroatoms. The number of allylic oxidation sites excluding steroid dienone is 2. The zero-order chi connectivity index (χ0) is 22.0. The maximum atomic E-state index is 13.8. The van der Waals surface area contributed by atoms with Gasteiger partial charge in [-0.05, 0) is 81.8 Å². The lowest BCUT2D eigenvalue weighted by Gasteiger charge is -2.37. The van der Waals surface area contributed by atoms with E-state index >= 15 is 0 Å². The molecule has 1 aromatic heterocycles. The van der Waals surface area contributed by atoms with E-state index < -0.39 is 5.97 Å². The van der Waals surface area contributed by atoms with E-state index in [1.807, 2.05) is 6.07 Å². The minimum absolute atomic E-state index is 0.0484. The second kappa shape index (κ2) is 9.68. The first kappa shape index (κ1) is 22.3. The van der Waals surface area contributed by atoms with Crippen molar-refractivity contribution in [1.82, 2.24) is 0 Å². The molecular weight excluding hydrogens is 410 g/mol. The Morgan fingerprint density at radius 3 is 2.35 bits per heavy atom. The molecule has 1 N–H and O–H groups in total. The van der Waals surface area contributed by atoms with Gasteiger partial charge in [-0.1, -0.05) is 13.0 Å². The molecule has 0 atom stereocenters. The Hall–Kier alpha value is -1.95. The number of aromatic carboxylic acids is 1. The number of rotatable bonds is 5. The number of nitrogens with zero attached hydrogens (tertiary/aromatic N) is 1. The maximum Gasteiger partial charge on any atom is 0.348 e. The van der Waals surface area contributed by atoms with E-state index in [4.69, 9.17) is 0 Å². The largest absolute Gasteiger partial charge is 0.477 e. The summed E-state index contributed by atoms with van der Waals surface area (Å²) in [7, 11) is 0. The molecule has 4 rings (SSSR count). The second-order valence-corrected chi connectivity index (χ2v) is 10.6. The first-order chi connectivity index (χ1) is 14.9. The van der Waals surface area contributed by atoms with E-state index in [1.165, 1.54) is 23.3 Å². The second-order valence-electron chi connectivity index (χ2n) is 9.54.